The van der Waals surface area contributed by atoms with Crippen molar-refractivity contribution in [3.05, 3.63) is 102 Å². The van der Waals surface area contributed by atoms with E-state index in [-0.39, 0.29) is 17.9 Å². The Morgan fingerprint density at radius 3 is 1.79 bits per heavy atom. The number of carbonyl (C=O) groups excluding carboxylic acids is 3. The van der Waals surface area contributed by atoms with E-state index in [0.717, 1.165) is 0 Å². The van der Waals surface area contributed by atoms with Crippen LogP contribution in [-0.4, -0.2) is 23.3 Å². The molecule has 0 aliphatic heterocycles. The van der Waals surface area contributed by atoms with E-state index in [2.05, 4.69) is 15.8 Å². The molecule has 2 N–H and O–H groups in total. The molecule has 6 nitrogen and oxygen atoms in total. The first-order valence-electron chi connectivity index (χ1n) is 9.00. The number of carbonyl (C=O) groups is 3. The molecule has 0 atom stereocenters. The van der Waals surface area contributed by atoms with Crippen molar-refractivity contribution >= 4 is 29.0 Å². The largest absolute Gasteiger partial charge is 0.321 e. The van der Waals surface area contributed by atoms with Crippen molar-refractivity contribution in [2.45, 2.75) is 6.42 Å². The summed E-state index contributed by atoms with van der Waals surface area (Å²) >= 11 is 0. The second-order valence-electron chi connectivity index (χ2n) is 6.15. The van der Waals surface area contributed by atoms with E-state index in [0.29, 0.717) is 16.8 Å². The Hall–Kier alpha value is -4.06. The van der Waals surface area contributed by atoms with Crippen LogP contribution in [0.15, 0.2) is 96.1 Å². The third kappa shape index (κ3) is 5.71. The summed E-state index contributed by atoms with van der Waals surface area (Å²) in [7, 11) is 0. The van der Waals surface area contributed by atoms with Crippen LogP contribution in [0.2, 0.25) is 0 Å². The lowest BCUT2D eigenvalue weighted by molar-refractivity contribution is -0.110. The van der Waals surface area contributed by atoms with E-state index in [1.807, 2.05) is 6.07 Å². The topological polar surface area (TPSA) is 87.6 Å². The Bertz CT molecular complexity index is 1020. The number of ketones is 1. The molecule has 6 heteroatoms. The average Bonchev–Trinajstić information content (AvgIpc) is 2.78. The van der Waals surface area contributed by atoms with Gasteiger partial charge in [0.1, 0.15) is 5.71 Å². The average molecular weight is 385 g/mol. The number of Topliss-reactive ketones (excluding diaryl/α,β-unsaturated/α-hetero) is 1. The summed E-state index contributed by atoms with van der Waals surface area (Å²) < 4.78 is 0. The quantitative estimate of drug-likeness (QED) is 0.369. The Balaban J connectivity index is 1.79. The predicted octanol–water partition coefficient (Wildman–Crippen LogP) is 3.68. The Morgan fingerprint density at radius 1 is 0.690 bits per heavy atom. The molecule has 144 valence electrons. The van der Waals surface area contributed by atoms with Gasteiger partial charge in [-0.15, -0.1) is 0 Å². The molecular weight excluding hydrogens is 366 g/mol. The van der Waals surface area contributed by atoms with Crippen LogP contribution in [0, 0.1) is 0 Å². The maximum atomic E-state index is 12.7. The van der Waals surface area contributed by atoms with Gasteiger partial charge >= 0.3 is 0 Å². The van der Waals surface area contributed by atoms with Gasteiger partial charge in [-0.2, -0.15) is 5.10 Å². The van der Waals surface area contributed by atoms with Crippen molar-refractivity contribution in [1.82, 2.24) is 5.43 Å². The van der Waals surface area contributed by atoms with Gasteiger partial charge in [0, 0.05) is 16.8 Å². The van der Waals surface area contributed by atoms with E-state index >= 15 is 0 Å². The van der Waals surface area contributed by atoms with Gasteiger partial charge in [-0.3, -0.25) is 14.4 Å². The molecule has 3 aromatic rings. The summed E-state index contributed by atoms with van der Waals surface area (Å²) in [5, 5.41) is 6.63. The number of benzene rings is 3. The van der Waals surface area contributed by atoms with Crippen LogP contribution in [0.25, 0.3) is 0 Å². The molecule has 0 heterocycles. The molecular formula is C23H19N3O3. The Kier molecular flexibility index (Phi) is 6.62. The molecule has 0 fully saturated rings. The molecule has 2 amide bonds. The second-order valence-corrected chi connectivity index (χ2v) is 6.15. The molecule has 0 aromatic heterocycles. The molecule has 0 radical (unpaired) electrons. The normalized spacial score (nSPS) is 10.8. The van der Waals surface area contributed by atoms with Crippen molar-refractivity contribution < 1.29 is 14.4 Å². The monoisotopic (exact) mass is 385 g/mol. The summed E-state index contributed by atoms with van der Waals surface area (Å²) in [6, 6.07) is 25.9. The van der Waals surface area contributed by atoms with E-state index in [4.69, 9.17) is 0 Å². The minimum Gasteiger partial charge on any atom is -0.321 e. The molecule has 0 aliphatic carbocycles. The predicted molar refractivity (Wildman–Crippen MR) is 112 cm³/mol. The van der Waals surface area contributed by atoms with Crippen LogP contribution < -0.4 is 10.7 Å². The number of hydrogen-bond acceptors (Lipinski definition) is 4. The van der Waals surface area contributed by atoms with Gasteiger partial charge in [0.25, 0.3) is 11.8 Å². The fraction of sp³-hybridized carbons (Fsp3) is 0.0435. The zero-order valence-electron chi connectivity index (χ0n) is 15.5. The molecule has 0 saturated heterocycles. The van der Waals surface area contributed by atoms with E-state index in [9.17, 15) is 14.4 Å². The summed E-state index contributed by atoms with van der Waals surface area (Å²) in [6.45, 7) is 0. The summed E-state index contributed by atoms with van der Waals surface area (Å²) in [6.07, 6.45) is -0.252. The smallest absolute Gasteiger partial charge is 0.272 e. The third-order valence-electron chi connectivity index (χ3n) is 4.05. The zero-order chi connectivity index (χ0) is 20.5. The molecule has 0 spiro atoms. The van der Waals surface area contributed by atoms with Gasteiger partial charge in [0.2, 0.25) is 0 Å². The van der Waals surface area contributed by atoms with Crippen molar-refractivity contribution in [2.75, 3.05) is 5.32 Å². The molecule has 0 bridgehead atoms. The van der Waals surface area contributed by atoms with Crippen LogP contribution in [0.3, 0.4) is 0 Å². The molecule has 29 heavy (non-hydrogen) atoms. The van der Waals surface area contributed by atoms with Gasteiger partial charge in [-0.05, 0) is 24.3 Å². The number of hydrazone groups is 1. The van der Waals surface area contributed by atoms with Crippen LogP contribution in [0.4, 0.5) is 5.69 Å². The number of nitrogens with zero attached hydrogens (tertiary/aromatic N) is 1. The number of hydrogen-bond donors (Lipinski definition) is 2. The van der Waals surface area contributed by atoms with E-state index in [1.165, 1.54) is 0 Å². The molecule has 3 aromatic carbocycles. The highest BCUT2D eigenvalue weighted by molar-refractivity contribution is 6.46. The van der Waals surface area contributed by atoms with Crippen LogP contribution in [-0.2, 0) is 4.79 Å². The molecule has 0 unspecified atom stereocenters. The highest BCUT2D eigenvalue weighted by Gasteiger charge is 2.18. The van der Waals surface area contributed by atoms with Gasteiger partial charge in [0.15, 0.2) is 5.78 Å². The van der Waals surface area contributed by atoms with Gasteiger partial charge in [-0.25, -0.2) is 5.43 Å². The van der Waals surface area contributed by atoms with Crippen LogP contribution in [0.5, 0.6) is 0 Å². The zero-order valence-corrected chi connectivity index (χ0v) is 15.5. The second kappa shape index (κ2) is 9.75. The molecule has 0 saturated carbocycles. The first kappa shape index (κ1) is 19.7. The number of amides is 2. The lowest BCUT2D eigenvalue weighted by atomic mass is 10.1. The Labute approximate surface area is 168 Å². The highest BCUT2D eigenvalue weighted by atomic mass is 16.2. The van der Waals surface area contributed by atoms with Crippen molar-refractivity contribution in [3.8, 4) is 0 Å². The van der Waals surface area contributed by atoms with Crippen LogP contribution in [0.1, 0.15) is 27.1 Å². The summed E-state index contributed by atoms with van der Waals surface area (Å²) in [5.74, 6) is -1.31. The summed E-state index contributed by atoms with van der Waals surface area (Å²) in [5.41, 5.74) is 3.69. The Morgan fingerprint density at radius 2 is 1.21 bits per heavy atom. The van der Waals surface area contributed by atoms with Gasteiger partial charge in [-0.1, -0.05) is 66.7 Å². The first-order valence-corrected chi connectivity index (χ1v) is 9.00. The van der Waals surface area contributed by atoms with Crippen molar-refractivity contribution in [1.29, 1.82) is 0 Å². The van der Waals surface area contributed by atoms with E-state index in [1.54, 1.807) is 84.9 Å². The minimum absolute atomic E-state index is 0.0908. The highest BCUT2D eigenvalue weighted by Crippen LogP contribution is 2.08. The van der Waals surface area contributed by atoms with Gasteiger partial charge < -0.3 is 5.32 Å². The summed E-state index contributed by atoms with van der Waals surface area (Å²) in [4.78, 5) is 37.5. The molecule has 3 rings (SSSR count). The molecule has 0 aliphatic rings. The lowest BCUT2D eigenvalue weighted by Crippen LogP contribution is -2.29. The third-order valence-corrected chi connectivity index (χ3v) is 4.05. The van der Waals surface area contributed by atoms with Crippen molar-refractivity contribution in [2.24, 2.45) is 5.10 Å². The van der Waals surface area contributed by atoms with Crippen molar-refractivity contribution in [3.63, 3.8) is 0 Å². The fourth-order valence-corrected chi connectivity index (χ4v) is 2.55. The SMILES string of the molecule is O=C(Nc1ccccc1)C(CC(=O)c1ccccc1)=NNC(=O)c1ccccc1. The van der Waals surface area contributed by atoms with Crippen LogP contribution >= 0.6 is 0 Å². The van der Waals surface area contributed by atoms with Gasteiger partial charge in [0.05, 0.1) is 6.42 Å². The number of anilines is 1. The fourth-order valence-electron chi connectivity index (χ4n) is 2.55. The minimum atomic E-state index is -0.561. The first-order chi connectivity index (χ1) is 14.1. The maximum absolute atomic E-state index is 12.7. The number of rotatable bonds is 7. The lowest BCUT2D eigenvalue weighted by Gasteiger charge is -2.09. The number of para-hydroxylation sites is 1. The maximum Gasteiger partial charge on any atom is 0.272 e. The standard InChI is InChI=1S/C23H19N3O3/c27-21(17-10-4-1-5-11-17)16-20(23(29)24-19-14-8-3-9-15-19)25-26-22(28)18-12-6-2-7-13-18/h1-15H,16H2,(H,24,29)(H,26,28). The number of nitrogens with one attached hydrogen (secondary N) is 2. The van der Waals surface area contributed by atoms with E-state index < -0.39 is 11.8 Å².